The minimum Gasteiger partial charge on any atom is -0.462 e. The van der Waals surface area contributed by atoms with Crippen molar-refractivity contribution >= 4 is 25.7 Å². The highest BCUT2D eigenvalue weighted by atomic mass is 31.2. The molecule has 0 spiro atoms. The Bertz CT molecular complexity index is 1270. The molecule has 0 amide bonds. The van der Waals surface area contributed by atoms with Crippen molar-refractivity contribution in [1.82, 2.24) is 0 Å². The third kappa shape index (κ3) is 50.9. The summed E-state index contributed by atoms with van der Waals surface area (Å²) in [5.41, 5.74) is 0. The lowest BCUT2D eigenvalue weighted by Gasteiger charge is -2.21. The molecule has 11 nitrogen and oxygen atoms in total. The van der Waals surface area contributed by atoms with Crippen LogP contribution in [0, 0.1) is 0 Å². The Labute approximate surface area is 429 Å². The quantitative estimate of drug-likeness (QED) is 0.0197. The normalized spacial score (nSPS) is 13.5. The summed E-state index contributed by atoms with van der Waals surface area (Å²) in [5.74, 6) is -1.45. The van der Waals surface area contributed by atoms with Crippen molar-refractivity contribution in [2.45, 2.75) is 303 Å². The molecule has 0 aromatic rings. The van der Waals surface area contributed by atoms with E-state index >= 15 is 0 Å². The van der Waals surface area contributed by atoms with Crippen LogP contribution in [-0.4, -0.2) is 66.5 Å². The molecule has 3 atom stereocenters. The maximum absolute atomic E-state index is 12.9. The molecule has 0 aromatic heterocycles. The molecule has 0 bridgehead atoms. The topological polar surface area (TPSA) is 155 Å². The maximum atomic E-state index is 12.9. The van der Waals surface area contributed by atoms with Gasteiger partial charge < -0.3 is 24.2 Å². The van der Waals surface area contributed by atoms with Crippen LogP contribution >= 0.6 is 7.82 Å². The number of unbranched alkanes of at least 4 members (excludes halogenated alkanes) is 34. The van der Waals surface area contributed by atoms with Gasteiger partial charge in [0, 0.05) is 19.3 Å². The van der Waals surface area contributed by atoms with Gasteiger partial charge in [0.2, 0.25) is 0 Å². The van der Waals surface area contributed by atoms with Crippen LogP contribution in [0.3, 0.4) is 0 Å². The van der Waals surface area contributed by atoms with Crippen molar-refractivity contribution in [2.75, 3.05) is 26.4 Å². The van der Waals surface area contributed by atoms with Gasteiger partial charge in [0.05, 0.1) is 19.8 Å². The van der Waals surface area contributed by atoms with Crippen LogP contribution < -0.4 is 0 Å². The maximum Gasteiger partial charge on any atom is 0.472 e. The Morgan fingerprint density at radius 2 is 0.657 bits per heavy atom. The number of phosphoric acid groups is 1. The molecular formula is C58H109O11P. The van der Waals surface area contributed by atoms with E-state index in [-0.39, 0.29) is 25.9 Å². The van der Waals surface area contributed by atoms with E-state index in [1.807, 2.05) is 0 Å². The summed E-state index contributed by atoms with van der Waals surface area (Å²) < 4.78 is 39.5. The van der Waals surface area contributed by atoms with Gasteiger partial charge in [0.25, 0.3) is 0 Å². The predicted octanol–water partition coefficient (Wildman–Crippen LogP) is 17.0. The van der Waals surface area contributed by atoms with Crippen LogP contribution in [-0.2, 0) is 42.2 Å². The standard InChI is InChI=1S/C58H109O11P/c1-4-7-10-13-16-19-22-24-25-26-27-28-29-31-34-37-40-43-46-49-58(62)69-55(51-65-56(60)47-44-41-38-35-32-21-18-15-12-9-6-3)53-67-70(63,64)66-52-54(50-59)68-57(61)48-45-42-39-36-33-30-23-20-17-14-11-8-5-2/h20,23-25,54-55,59H,4-19,21-22,26-53H2,1-3H3,(H,63,64)/b23-20-,25-24-. The monoisotopic (exact) mass is 1010 g/mol. The molecule has 2 N–H and O–H groups in total. The molecular weight excluding hydrogens is 904 g/mol. The van der Waals surface area contributed by atoms with E-state index in [0.717, 1.165) is 77.0 Å². The van der Waals surface area contributed by atoms with Gasteiger partial charge in [-0.1, -0.05) is 225 Å². The summed E-state index contributed by atoms with van der Waals surface area (Å²) in [6.07, 6.45) is 52.8. The molecule has 0 aliphatic carbocycles. The Morgan fingerprint density at radius 1 is 0.386 bits per heavy atom. The molecule has 0 saturated heterocycles. The first-order valence-electron chi connectivity index (χ1n) is 29.2. The summed E-state index contributed by atoms with van der Waals surface area (Å²) in [6.45, 7) is 4.65. The minimum atomic E-state index is -4.74. The number of allylic oxidation sites excluding steroid dienone is 4. The fourth-order valence-electron chi connectivity index (χ4n) is 8.35. The van der Waals surface area contributed by atoms with Crippen molar-refractivity contribution < 1.29 is 52.2 Å². The van der Waals surface area contributed by atoms with Crippen molar-refractivity contribution in [2.24, 2.45) is 0 Å². The molecule has 70 heavy (non-hydrogen) atoms. The van der Waals surface area contributed by atoms with Crippen molar-refractivity contribution in [3.8, 4) is 0 Å². The van der Waals surface area contributed by atoms with Crippen molar-refractivity contribution in [3.63, 3.8) is 0 Å². The largest absolute Gasteiger partial charge is 0.472 e. The highest BCUT2D eigenvalue weighted by molar-refractivity contribution is 7.47. The van der Waals surface area contributed by atoms with Gasteiger partial charge in [-0.05, 0) is 70.6 Å². The van der Waals surface area contributed by atoms with Crippen molar-refractivity contribution in [1.29, 1.82) is 0 Å². The first-order valence-corrected chi connectivity index (χ1v) is 30.7. The average molecular weight is 1010 g/mol. The SMILES string of the molecule is CCCCCC/C=C\CCCCCCCC(=O)OC(CO)COP(=O)(O)OCC(COC(=O)CCCCCCCCCCCCC)OC(=O)CCCCCCCCCCC/C=C\CCCCCCCC. The lowest BCUT2D eigenvalue weighted by molar-refractivity contribution is -0.161. The Balaban J connectivity index is 4.65. The number of aliphatic hydroxyl groups is 1. The Morgan fingerprint density at radius 3 is 1.00 bits per heavy atom. The number of carbonyl (C=O) groups is 3. The van der Waals surface area contributed by atoms with E-state index in [1.54, 1.807) is 0 Å². The number of esters is 3. The second-order valence-electron chi connectivity index (χ2n) is 19.8. The number of hydrogen-bond acceptors (Lipinski definition) is 10. The van der Waals surface area contributed by atoms with Crippen LogP contribution in [0.1, 0.15) is 290 Å². The van der Waals surface area contributed by atoms with E-state index in [0.29, 0.717) is 19.3 Å². The van der Waals surface area contributed by atoms with Gasteiger partial charge in [0.1, 0.15) is 12.7 Å². The second-order valence-corrected chi connectivity index (χ2v) is 21.3. The van der Waals surface area contributed by atoms with Gasteiger partial charge in [-0.2, -0.15) is 0 Å². The molecule has 0 aromatic carbocycles. The summed E-state index contributed by atoms with van der Waals surface area (Å²) in [4.78, 5) is 48.5. The molecule has 3 unspecified atom stereocenters. The fraction of sp³-hybridized carbons (Fsp3) is 0.879. The lowest BCUT2D eigenvalue weighted by atomic mass is 10.1. The molecule has 0 rings (SSSR count). The zero-order chi connectivity index (χ0) is 51.3. The fourth-order valence-corrected chi connectivity index (χ4v) is 9.13. The Kier molecular flexibility index (Phi) is 51.7. The highest BCUT2D eigenvalue weighted by Crippen LogP contribution is 2.43. The minimum absolute atomic E-state index is 0.170. The van der Waals surface area contributed by atoms with Crippen LogP contribution in [0.5, 0.6) is 0 Å². The van der Waals surface area contributed by atoms with Crippen LogP contribution in [0.2, 0.25) is 0 Å². The molecule has 12 heteroatoms. The summed E-state index contributed by atoms with van der Waals surface area (Å²) in [7, 11) is -4.74. The van der Waals surface area contributed by atoms with Gasteiger partial charge in [-0.3, -0.25) is 23.4 Å². The first kappa shape index (κ1) is 68.0. The first-order chi connectivity index (χ1) is 34.2. The van der Waals surface area contributed by atoms with Crippen molar-refractivity contribution in [3.05, 3.63) is 24.3 Å². The van der Waals surface area contributed by atoms with Crippen LogP contribution in [0.15, 0.2) is 24.3 Å². The van der Waals surface area contributed by atoms with Gasteiger partial charge in [-0.15, -0.1) is 0 Å². The number of rotatable bonds is 55. The van der Waals surface area contributed by atoms with Crippen LogP contribution in [0.4, 0.5) is 0 Å². The number of hydrogen-bond donors (Lipinski definition) is 2. The molecule has 0 fully saturated rings. The molecule has 0 aliphatic rings. The molecule has 0 aliphatic heterocycles. The van der Waals surface area contributed by atoms with E-state index in [1.165, 1.54) is 154 Å². The molecule has 412 valence electrons. The number of phosphoric ester groups is 1. The van der Waals surface area contributed by atoms with Gasteiger partial charge in [-0.25, -0.2) is 4.57 Å². The lowest BCUT2D eigenvalue weighted by Crippen LogP contribution is -2.30. The van der Waals surface area contributed by atoms with E-state index < -0.39 is 57.8 Å². The zero-order valence-corrected chi connectivity index (χ0v) is 46.4. The highest BCUT2D eigenvalue weighted by Gasteiger charge is 2.28. The Hall–Kier alpha value is -2.04. The van der Waals surface area contributed by atoms with E-state index in [4.69, 9.17) is 23.3 Å². The summed E-state index contributed by atoms with van der Waals surface area (Å²) in [6, 6.07) is 0. The number of ether oxygens (including phenoxy) is 3. The summed E-state index contributed by atoms with van der Waals surface area (Å²) >= 11 is 0. The summed E-state index contributed by atoms with van der Waals surface area (Å²) in [5, 5.41) is 9.80. The molecule has 0 saturated carbocycles. The van der Waals surface area contributed by atoms with E-state index in [2.05, 4.69) is 45.1 Å². The second kappa shape index (κ2) is 53.3. The van der Waals surface area contributed by atoms with Crippen LogP contribution in [0.25, 0.3) is 0 Å². The predicted molar refractivity (Wildman–Crippen MR) is 289 cm³/mol. The smallest absolute Gasteiger partial charge is 0.462 e. The third-order valence-corrected chi connectivity index (χ3v) is 13.8. The van der Waals surface area contributed by atoms with E-state index in [9.17, 15) is 28.9 Å². The molecule has 0 heterocycles. The number of aliphatic hydroxyl groups excluding tert-OH is 1. The zero-order valence-electron chi connectivity index (χ0n) is 45.5. The number of carbonyl (C=O) groups excluding carboxylic acids is 3. The third-order valence-electron chi connectivity index (χ3n) is 12.8. The van der Waals surface area contributed by atoms with Gasteiger partial charge in [0.15, 0.2) is 6.10 Å². The average Bonchev–Trinajstić information content (AvgIpc) is 3.35. The van der Waals surface area contributed by atoms with Gasteiger partial charge >= 0.3 is 25.7 Å². The molecule has 0 radical (unpaired) electrons.